The number of fused-ring (bicyclic) bond motifs is 1. The monoisotopic (exact) mass is 348 g/mol. The molecule has 0 bridgehead atoms. The van der Waals surface area contributed by atoms with Crippen LogP contribution in [0.4, 0.5) is 11.4 Å². The second-order valence-electron chi connectivity index (χ2n) is 5.58. The van der Waals surface area contributed by atoms with Crippen molar-refractivity contribution in [1.29, 1.82) is 0 Å². The predicted molar refractivity (Wildman–Crippen MR) is 90.6 cm³/mol. The molecule has 21 heavy (non-hydrogen) atoms. The maximum absolute atomic E-state index is 5.91. The number of aryl methyl sites for hydroxylation is 3. The highest BCUT2D eigenvalue weighted by molar-refractivity contribution is 9.10. The Kier molecular flexibility index (Phi) is 3.93. The van der Waals surface area contributed by atoms with E-state index in [0.717, 1.165) is 41.9 Å². The standard InChI is InChI=1S/C16H21BrN4/c1-3-21-15(16(17)11(2)19-21)10-20-8-4-5-12-9-13(18)6-7-14(12)20/h6-7,9H,3-5,8,10,18H2,1-2H3. The molecule has 0 atom stereocenters. The number of benzene rings is 1. The van der Waals surface area contributed by atoms with Crippen molar-refractivity contribution in [3.05, 3.63) is 39.6 Å². The third-order valence-electron chi connectivity index (χ3n) is 4.11. The lowest BCUT2D eigenvalue weighted by Gasteiger charge is -2.31. The smallest absolute Gasteiger partial charge is 0.0739 e. The summed E-state index contributed by atoms with van der Waals surface area (Å²) in [4.78, 5) is 2.44. The Hall–Kier alpha value is -1.49. The van der Waals surface area contributed by atoms with E-state index in [1.54, 1.807) is 0 Å². The van der Waals surface area contributed by atoms with Crippen molar-refractivity contribution in [3.8, 4) is 0 Å². The highest BCUT2D eigenvalue weighted by Gasteiger charge is 2.21. The first-order valence-corrected chi connectivity index (χ1v) is 8.24. The van der Waals surface area contributed by atoms with Gasteiger partial charge in [0.15, 0.2) is 0 Å². The Morgan fingerprint density at radius 2 is 2.19 bits per heavy atom. The zero-order valence-corrected chi connectivity index (χ0v) is 14.2. The summed E-state index contributed by atoms with van der Waals surface area (Å²) < 4.78 is 3.22. The fraction of sp³-hybridized carbons (Fsp3) is 0.438. The van der Waals surface area contributed by atoms with Crippen LogP contribution in [0.15, 0.2) is 22.7 Å². The fourth-order valence-corrected chi connectivity index (χ4v) is 3.47. The van der Waals surface area contributed by atoms with Gasteiger partial charge in [-0.2, -0.15) is 5.10 Å². The van der Waals surface area contributed by atoms with Crippen molar-refractivity contribution < 1.29 is 0 Å². The molecule has 0 aliphatic carbocycles. The Morgan fingerprint density at radius 1 is 1.38 bits per heavy atom. The maximum atomic E-state index is 5.91. The van der Waals surface area contributed by atoms with Crippen LogP contribution in [-0.4, -0.2) is 16.3 Å². The fourth-order valence-electron chi connectivity index (χ4n) is 3.06. The summed E-state index contributed by atoms with van der Waals surface area (Å²) in [5.41, 5.74) is 11.7. The Bertz CT molecular complexity index is 663. The lowest BCUT2D eigenvalue weighted by atomic mass is 10.0. The summed E-state index contributed by atoms with van der Waals surface area (Å²) in [7, 11) is 0. The van der Waals surface area contributed by atoms with Crippen LogP contribution < -0.4 is 10.6 Å². The van der Waals surface area contributed by atoms with Crippen molar-refractivity contribution in [2.24, 2.45) is 0 Å². The van der Waals surface area contributed by atoms with Gasteiger partial charge in [0.2, 0.25) is 0 Å². The average molecular weight is 349 g/mol. The number of rotatable bonds is 3. The van der Waals surface area contributed by atoms with E-state index < -0.39 is 0 Å². The molecule has 0 spiro atoms. The Morgan fingerprint density at radius 3 is 2.95 bits per heavy atom. The van der Waals surface area contributed by atoms with Crippen LogP contribution in [0.1, 0.15) is 30.3 Å². The Labute approximate surface area is 134 Å². The molecule has 1 aliphatic rings. The third-order valence-corrected chi connectivity index (χ3v) is 5.14. The highest BCUT2D eigenvalue weighted by atomic mass is 79.9. The van der Waals surface area contributed by atoms with Crippen LogP contribution in [0.5, 0.6) is 0 Å². The quantitative estimate of drug-likeness (QED) is 0.863. The molecule has 3 rings (SSSR count). The van der Waals surface area contributed by atoms with Gasteiger partial charge in [-0.1, -0.05) is 0 Å². The number of nitrogens with zero attached hydrogens (tertiary/aromatic N) is 3. The van der Waals surface area contributed by atoms with Gasteiger partial charge in [0.25, 0.3) is 0 Å². The van der Waals surface area contributed by atoms with Crippen LogP contribution >= 0.6 is 15.9 Å². The second kappa shape index (κ2) is 5.72. The lowest BCUT2D eigenvalue weighted by Crippen LogP contribution is -2.30. The minimum atomic E-state index is 0.853. The molecule has 0 unspecified atom stereocenters. The molecule has 0 fully saturated rings. The van der Waals surface area contributed by atoms with E-state index in [4.69, 9.17) is 5.73 Å². The van der Waals surface area contributed by atoms with Gasteiger partial charge >= 0.3 is 0 Å². The summed E-state index contributed by atoms with van der Waals surface area (Å²) >= 11 is 3.69. The first kappa shape index (κ1) is 14.4. The van der Waals surface area contributed by atoms with Gasteiger partial charge in [-0.05, 0) is 66.4 Å². The maximum Gasteiger partial charge on any atom is 0.0739 e. The molecule has 112 valence electrons. The van der Waals surface area contributed by atoms with E-state index in [1.807, 2.05) is 13.0 Å². The molecule has 0 radical (unpaired) electrons. The van der Waals surface area contributed by atoms with Gasteiger partial charge in [0.1, 0.15) is 0 Å². The van der Waals surface area contributed by atoms with Gasteiger partial charge in [-0.15, -0.1) is 0 Å². The van der Waals surface area contributed by atoms with E-state index in [-0.39, 0.29) is 0 Å². The van der Waals surface area contributed by atoms with E-state index in [1.165, 1.54) is 23.4 Å². The van der Waals surface area contributed by atoms with Crippen LogP contribution in [0.25, 0.3) is 0 Å². The predicted octanol–water partition coefficient (Wildman–Crippen LogP) is 3.51. The largest absolute Gasteiger partial charge is 0.399 e. The molecular formula is C16H21BrN4. The molecule has 5 heteroatoms. The number of anilines is 2. The van der Waals surface area contributed by atoms with E-state index in [2.05, 4.69) is 49.7 Å². The molecule has 2 N–H and O–H groups in total. The summed E-state index contributed by atoms with van der Waals surface area (Å²) in [5, 5.41) is 4.59. The molecule has 0 amide bonds. The summed E-state index contributed by atoms with van der Waals surface area (Å²) in [6.07, 6.45) is 2.29. The third kappa shape index (κ3) is 2.67. The van der Waals surface area contributed by atoms with Crippen LogP contribution in [0, 0.1) is 6.92 Å². The first-order chi connectivity index (χ1) is 10.1. The second-order valence-corrected chi connectivity index (χ2v) is 6.37. The average Bonchev–Trinajstić information content (AvgIpc) is 2.75. The van der Waals surface area contributed by atoms with Crippen molar-refractivity contribution in [1.82, 2.24) is 9.78 Å². The summed E-state index contributed by atoms with van der Waals surface area (Å²) in [6.45, 7) is 7.03. The zero-order valence-electron chi connectivity index (χ0n) is 12.6. The normalized spacial score (nSPS) is 14.3. The molecular weight excluding hydrogens is 328 g/mol. The van der Waals surface area contributed by atoms with Crippen LogP contribution in [-0.2, 0) is 19.5 Å². The Balaban J connectivity index is 1.94. The number of aromatic nitrogens is 2. The summed E-state index contributed by atoms with van der Waals surface area (Å²) in [6, 6.07) is 6.25. The highest BCUT2D eigenvalue weighted by Crippen LogP contribution is 2.31. The van der Waals surface area contributed by atoms with Gasteiger partial charge in [0, 0.05) is 24.5 Å². The van der Waals surface area contributed by atoms with E-state index >= 15 is 0 Å². The van der Waals surface area contributed by atoms with E-state index in [9.17, 15) is 0 Å². The van der Waals surface area contributed by atoms with Crippen molar-refractivity contribution in [2.45, 2.75) is 39.8 Å². The minimum absolute atomic E-state index is 0.853. The molecule has 0 saturated carbocycles. The lowest BCUT2D eigenvalue weighted by molar-refractivity contribution is 0.594. The molecule has 4 nitrogen and oxygen atoms in total. The number of halogens is 1. The van der Waals surface area contributed by atoms with Crippen molar-refractivity contribution in [2.75, 3.05) is 17.2 Å². The first-order valence-electron chi connectivity index (χ1n) is 7.45. The van der Waals surface area contributed by atoms with Crippen molar-refractivity contribution >= 4 is 27.3 Å². The molecule has 1 aromatic carbocycles. The number of nitrogen functional groups attached to an aromatic ring is 1. The van der Waals surface area contributed by atoms with E-state index in [0.29, 0.717) is 0 Å². The van der Waals surface area contributed by atoms with Crippen LogP contribution in [0.3, 0.4) is 0 Å². The van der Waals surface area contributed by atoms with Crippen LogP contribution in [0.2, 0.25) is 0 Å². The zero-order chi connectivity index (χ0) is 15.0. The van der Waals surface area contributed by atoms with Gasteiger partial charge in [0.05, 0.1) is 22.4 Å². The molecule has 0 saturated heterocycles. The van der Waals surface area contributed by atoms with Gasteiger partial charge in [-0.25, -0.2) is 0 Å². The molecule has 1 aromatic heterocycles. The molecule has 2 heterocycles. The number of hydrogen-bond donors (Lipinski definition) is 1. The number of nitrogens with two attached hydrogens (primary N) is 1. The minimum Gasteiger partial charge on any atom is -0.399 e. The SMILES string of the molecule is CCn1nc(C)c(Br)c1CN1CCCc2cc(N)ccc21. The van der Waals surface area contributed by atoms with Gasteiger partial charge in [-0.3, -0.25) is 4.68 Å². The van der Waals surface area contributed by atoms with Gasteiger partial charge < -0.3 is 10.6 Å². The molecule has 2 aromatic rings. The molecule has 1 aliphatic heterocycles. The number of hydrogen-bond acceptors (Lipinski definition) is 3. The van der Waals surface area contributed by atoms with Crippen molar-refractivity contribution in [3.63, 3.8) is 0 Å². The topological polar surface area (TPSA) is 47.1 Å². The summed E-state index contributed by atoms with van der Waals surface area (Å²) in [5.74, 6) is 0.